The van der Waals surface area contributed by atoms with Crippen molar-refractivity contribution >= 4 is 5.78 Å². The molecular weight excluding hydrogens is 208 g/mol. The van der Waals surface area contributed by atoms with Crippen LogP contribution < -0.4 is 0 Å². The molecule has 0 aromatic heterocycles. The summed E-state index contributed by atoms with van der Waals surface area (Å²) in [6.07, 6.45) is 0.998. The molecule has 0 amide bonds. The number of ketones is 1. The van der Waals surface area contributed by atoms with Crippen LogP contribution in [0.2, 0.25) is 0 Å². The van der Waals surface area contributed by atoms with Crippen LogP contribution in [0.4, 0.5) is 0 Å². The maximum Gasteiger partial charge on any atom is 0.168 e. The van der Waals surface area contributed by atoms with Crippen LogP contribution in [0.15, 0.2) is 24.3 Å². The molecule has 0 unspecified atom stereocenters. The van der Waals surface area contributed by atoms with E-state index in [1.807, 2.05) is 39.0 Å². The van der Waals surface area contributed by atoms with Crippen molar-refractivity contribution in [3.63, 3.8) is 0 Å². The predicted octanol–water partition coefficient (Wildman–Crippen LogP) is 4.50. The van der Waals surface area contributed by atoms with E-state index in [0.717, 1.165) is 12.0 Å². The zero-order valence-electron chi connectivity index (χ0n) is 11.9. The summed E-state index contributed by atoms with van der Waals surface area (Å²) in [5, 5.41) is 0. The van der Waals surface area contributed by atoms with Crippen molar-refractivity contribution in [2.24, 2.45) is 10.8 Å². The lowest BCUT2D eigenvalue weighted by Gasteiger charge is -2.20. The van der Waals surface area contributed by atoms with Crippen LogP contribution in [0.5, 0.6) is 0 Å². The molecule has 0 atom stereocenters. The largest absolute Gasteiger partial charge is 0.294 e. The molecule has 1 rings (SSSR count). The molecule has 0 radical (unpaired) electrons. The highest BCUT2D eigenvalue weighted by molar-refractivity contribution is 5.99. The van der Waals surface area contributed by atoms with Crippen molar-refractivity contribution in [3.8, 4) is 0 Å². The maximum absolute atomic E-state index is 12.2. The third kappa shape index (κ3) is 4.33. The van der Waals surface area contributed by atoms with Gasteiger partial charge in [0.15, 0.2) is 5.78 Å². The van der Waals surface area contributed by atoms with Gasteiger partial charge < -0.3 is 0 Å². The standard InChI is InChI=1S/C16H24O/c1-15(2,3)11-12-8-7-9-13(10-12)14(17)16(4,5)6/h7-10H,11H2,1-6H3. The second kappa shape index (κ2) is 4.64. The van der Waals surface area contributed by atoms with Crippen LogP contribution in [0.25, 0.3) is 0 Å². The van der Waals surface area contributed by atoms with Gasteiger partial charge in [0.05, 0.1) is 0 Å². The zero-order chi connectivity index (χ0) is 13.3. The second-order valence-electron chi connectivity index (χ2n) is 7.02. The van der Waals surface area contributed by atoms with Gasteiger partial charge in [-0.05, 0) is 23.5 Å². The lowest BCUT2D eigenvalue weighted by molar-refractivity contribution is 0.0858. The summed E-state index contributed by atoms with van der Waals surface area (Å²) in [7, 11) is 0. The minimum Gasteiger partial charge on any atom is -0.294 e. The van der Waals surface area contributed by atoms with E-state index in [4.69, 9.17) is 0 Å². The van der Waals surface area contributed by atoms with Gasteiger partial charge in [0, 0.05) is 11.0 Å². The first kappa shape index (κ1) is 14.0. The molecule has 0 fully saturated rings. The van der Waals surface area contributed by atoms with E-state index in [1.165, 1.54) is 5.56 Å². The van der Waals surface area contributed by atoms with Gasteiger partial charge in [-0.1, -0.05) is 59.7 Å². The summed E-state index contributed by atoms with van der Waals surface area (Å²) in [6.45, 7) is 12.5. The van der Waals surface area contributed by atoms with Gasteiger partial charge in [0.25, 0.3) is 0 Å². The number of carbonyl (C=O) groups excluding carboxylic acids is 1. The third-order valence-electron chi connectivity index (χ3n) is 2.60. The molecule has 0 aliphatic carbocycles. The minimum atomic E-state index is -0.305. The Labute approximate surface area is 105 Å². The highest BCUT2D eigenvalue weighted by Crippen LogP contribution is 2.24. The Morgan fingerprint density at radius 3 is 2.12 bits per heavy atom. The number of carbonyl (C=O) groups is 1. The normalized spacial score (nSPS) is 12.6. The molecule has 0 heterocycles. The van der Waals surface area contributed by atoms with Gasteiger partial charge in [-0.25, -0.2) is 0 Å². The van der Waals surface area contributed by atoms with E-state index in [2.05, 4.69) is 26.8 Å². The van der Waals surface area contributed by atoms with E-state index in [1.54, 1.807) is 0 Å². The van der Waals surface area contributed by atoms with E-state index in [-0.39, 0.29) is 16.6 Å². The first-order valence-corrected chi connectivity index (χ1v) is 6.23. The topological polar surface area (TPSA) is 17.1 Å². The van der Waals surface area contributed by atoms with Crippen molar-refractivity contribution in [1.82, 2.24) is 0 Å². The summed E-state index contributed by atoms with van der Waals surface area (Å²) in [4.78, 5) is 12.2. The molecule has 1 nitrogen and oxygen atoms in total. The highest BCUT2D eigenvalue weighted by atomic mass is 16.1. The number of Topliss-reactive ketones (excluding diaryl/α,β-unsaturated/α-hetero) is 1. The zero-order valence-corrected chi connectivity index (χ0v) is 11.9. The summed E-state index contributed by atoms with van der Waals surface area (Å²) in [5.74, 6) is 0.216. The molecule has 94 valence electrons. The minimum absolute atomic E-state index is 0.216. The summed E-state index contributed by atoms with van der Waals surface area (Å²) < 4.78 is 0. The van der Waals surface area contributed by atoms with Crippen LogP contribution in [0.3, 0.4) is 0 Å². The molecule has 0 bridgehead atoms. The van der Waals surface area contributed by atoms with Crippen molar-refractivity contribution in [2.75, 3.05) is 0 Å². The van der Waals surface area contributed by atoms with Crippen LogP contribution >= 0.6 is 0 Å². The molecule has 0 saturated carbocycles. The van der Waals surface area contributed by atoms with E-state index >= 15 is 0 Å². The fourth-order valence-electron chi connectivity index (χ4n) is 1.87. The maximum atomic E-state index is 12.2. The fraction of sp³-hybridized carbons (Fsp3) is 0.562. The van der Waals surface area contributed by atoms with Gasteiger partial charge in [-0.2, -0.15) is 0 Å². The SMILES string of the molecule is CC(C)(C)Cc1cccc(C(=O)C(C)(C)C)c1. The van der Waals surface area contributed by atoms with Gasteiger partial charge in [-0.15, -0.1) is 0 Å². The number of benzene rings is 1. The smallest absolute Gasteiger partial charge is 0.168 e. The molecule has 0 saturated heterocycles. The third-order valence-corrected chi connectivity index (χ3v) is 2.60. The van der Waals surface area contributed by atoms with Crippen LogP contribution in [0.1, 0.15) is 57.5 Å². The Kier molecular flexibility index (Phi) is 3.81. The van der Waals surface area contributed by atoms with Crippen molar-refractivity contribution in [2.45, 2.75) is 48.0 Å². The summed E-state index contributed by atoms with van der Waals surface area (Å²) in [6, 6.07) is 8.04. The van der Waals surface area contributed by atoms with Crippen molar-refractivity contribution in [1.29, 1.82) is 0 Å². The molecule has 0 aliphatic heterocycles. The summed E-state index contributed by atoms with van der Waals surface area (Å²) in [5.41, 5.74) is 2.02. The Bertz CT molecular complexity index is 402. The Morgan fingerprint density at radius 1 is 1.06 bits per heavy atom. The Balaban J connectivity index is 2.98. The van der Waals surface area contributed by atoms with Crippen LogP contribution in [-0.4, -0.2) is 5.78 Å². The lowest BCUT2D eigenvalue weighted by Crippen LogP contribution is -2.20. The lowest BCUT2D eigenvalue weighted by atomic mass is 9.84. The van der Waals surface area contributed by atoms with Gasteiger partial charge in [-0.3, -0.25) is 4.79 Å². The monoisotopic (exact) mass is 232 g/mol. The van der Waals surface area contributed by atoms with Crippen molar-refractivity contribution < 1.29 is 4.79 Å². The van der Waals surface area contributed by atoms with E-state index in [9.17, 15) is 4.79 Å². The van der Waals surface area contributed by atoms with E-state index in [0.29, 0.717) is 0 Å². The molecule has 0 aliphatic rings. The van der Waals surface area contributed by atoms with E-state index < -0.39 is 0 Å². The van der Waals surface area contributed by atoms with Gasteiger partial charge in [0.1, 0.15) is 0 Å². The number of hydrogen-bond acceptors (Lipinski definition) is 1. The molecule has 1 aromatic rings. The fourth-order valence-corrected chi connectivity index (χ4v) is 1.87. The molecule has 1 heteroatoms. The number of rotatable bonds is 2. The van der Waals surface area contributed by atoms with Crippen molar-refractivity contribution in [3.05, 3.63) is 35.4 Å². The Hall–Kier alpha value is -1.11. The molecule has 0 N–H and O–H groups in total. The average Bonchev–Trinajstić information content (AvgIpc) is 2.12. The predicted molar refractivity (Wildman–Crippen MR) is 73.4 cm³/mol. The van der Waals surface area contributed by atoms with Crippen LogP contribution in [0, 0.1) is 10.8 Å². The van der Waals surface area contributed by atoms with Gasteiger partial charge >= 0.3 is 0 Å². The molecular formula is C16H24O. The average molecular weight is 232 g/mol. The quantitative estimate of drug-likeness (QED) is 0.686. The Morgan fingerprint density at radius 2 is 1.65 bits per heavy atom. The second-order valence-corrected chi connectivity index (χ2v) is 7.02. The van der Waals surface area contributed by atoms with Crippen LogP contribution in [-0.2, 0) is 6.42 Å². The summed E-state index contributed by atoms with van der Waals surface area (Å²) >= 11 is 0. The highest BCUT2D eigenvalue weighted by Gasteiger charge is 2.23. The molecule has 1 aromatic carbocycles. The number of hydrogen-bond donors (Lipinski definition) is 0. The first-order valence-electron chi connectivity index (χ1n) is 6.23. The first-order chi connectivity index (χ1) is 7.59. The molecule has 17 heavy (non-hydrogen) atoms. The molecule has 0 spiro atoms. The van der Waals surface area contributed by atoms with Gasteiger partial charge in [0.2, 0.25) is 0 Å².